The minimum Gasteiger partial charge on any atom is -0.265 e. The Morgan fingerprint density at radius 3 is 2.56 bits per heavy atom. The van der Waals surface area contributed by atoms with Crippen LogP contribution in [0.15, 0.2) is 42.7 Å². The SMILES string of the molecule is c1cc(Cc2ccc3c(c2)CCC3)ccn1. The number of pyridine rings is 1. The quantitative estimate of drug-likeness (QED) is 0.740. The zero-order valence-corrected chi connectivity index (χ0v) is 9.32. The monoisotopic (exact) mass is 209 g/mol. The van der Waals surface area contributed by atoms with Crippen molar-refractivity contribution in [3.63, 3.8) is 0 Å². The van der Waals surface area contributed by atoms with Gasteiger partial charge in [0.15, 0.2) is 0 Å². The lowest BCUT2D eigenvalue weighted by molar-refractivity contribution is 0.911. The van der Waals surface area contributed by atoms with Gasteiger partial charge in [-0.3, -0.25) is 4.98 Å². The second kappa shape index (κ2) is 4.09. The summed E-state index contributed by atoms with van der Waals surface area (Å²) in [5, 5.41) is 0. The third kappa shape index (κ3) is 1.85. The molecule has 1 nitrogen and oxygen atoms in total. The topological polar surface area (TPSA) is 12.9 Å². The van der Waals surface area contributed by atoms with E-state index in [2.05, 4.69) is 35.3 Å². The molecule has 0 bridgehead atoms. The van der Waals surface area contributed by atoms with Crippen LogP contribution in [0.4, 0.5) is 0 Å². The maximum absolute atomic E-state index is 4.04. The van der Waals surface area contributed by atoms with Crippen molar-refractivity contribution in [1.82, 2.24) is 4.98 Å². The standard InChI is InChI=1S/C15H15N/c1-2-14-5-4-13(11-15(14)3-1)10-12-6-8-16-9-7-12/h4-9,11H,1-3,10H2. The summed E-state index contributed by atoms with van der Waals surface area (Å²) in [5.74, 6) is 0. The number of rotatable bonds is 2. The molecule has 0 N–H and O–H groups in total. The van der Waals surface area contributed by atoms with Crippen LogP contribution in [0.25, 0.3) is 0 Å². The van der Waals surface area contributed by atoms with Crippen LogP contribution in [0.3, 0.4) is 0 Å². The van der Waals surface area contributed by atoms with Gasteiger partial charge in [-0.05, 0) is 60.1 Å². The van der Waals surface area contributed by atoms with Crippen LogP contribution in [0.2, 0.25) is 0 Å². The molecule has 0 aliphatic heterocycles. The van der Waals surface area contributed by atoms with Gasteiger partial charge in [-0.2, -0.15) is 0 Å². The molecule has 0 radical (unpaired) electrons. The van der Waals surface area contributed by atoms with E-state index in [0.29, 0.717) is 0 Å². The summed E-state index contributed by atoms with van der Waals surface area (Å²) in [6.45, 7) is 0. The van der Waals surface area contributed by atoms with Crippen molar-refractivity contribution in [3.05, 3.63) is 65.0 Å². The second-order valence-corrected chi connectivity index (χ2v) is 4.49. The van der Waals surface area contributed by atoms with Gasteiger partial charge in [0.1, 0.15) is 0 Å². The molecule has 1 aliphatic carbocycles. The van der Waals surface area contributed by atoms with Crippen LogP contribution >= 0.6 is 0 Å². The van der Waals surface area contributed by atoms with E-state index in [4.69, 9.17) is 0 Å². The van der Waals surface area contributed by atoms with Crippen LogP contribution < -0.4 is 0 Å². The first-order chi connectivity index (χ1) is 7.92. The zero-order valence-electron chi connectivity index (χ0n) is 9.32. The zero-order chi connectivity index (χ0) is 10.8. The molecule has 1 aromatic heterocycles. The van der Waals surface area contributed by atoms with Gasteiger partial charge in [-0.25, -0.2) is 0 Å². The highest BCUT2D eigenvalue weighted by Crippen LogP contribution is 2.23. The normalized spacial score (nSPS) is 13.8. The molecule has 0 saturated heterocycles. The minimum atomic E-state index is 1.02. The molecule has 1 aromatic carbocycles. The smallest absolute Gasteiger partial charge is 0.0270 e. The average molecular weight is 209 g/mol. The van der Waals surface area contributed by atoms with Crippen molar-refractivity contribution in [1.29, 1.82) is 0 Å². The molecule has 2 aromatic rings. The summed E-state index contributed by atoms with van der Waals surface area (Å²) in [6.07, 6.45) is 8.61. The number of nitrogens with zero attached hydrogens (tertiary/aromatic N) is 1. The lowest BCUT2D eigenvalue weighted by Crippen LogP contribution is -1.91. The Labute approximate surface area is 96.2 Å². The molecule has 3 rings (SSSR count). The summed E-state index contributed by atoms with van der Waals surface area (Å²) >= 11 is 0. The Morgan fingerprint density at radius 2 is 1.69 bits per heavy atom. The molecule has 0 atom stereocenters. The fourth-order valence-corrected chi connectivity index (χ4v) is 2.47. The first-order valence-electron chi connectivity index (χ1n) is 5.91. The van der Waals surface area contributed by atoms with Crippen molar-refractivity contribution in [2.24, 2.45) is 0 Å². The molecule has 0 unspecified atom stereocenters. The van der Waals surface area contributed by atoms with Gasteiger partial charge in [0, 0.05) is 12.4 Å². The third-order valence-electron chi connectivity index (χ3n) is 3.32. The van der Waals surface area contributed by atoms with Gasteiger partial charge in [0.25, 0.3) is 0 Å². The van der Waals surface area contributed by atoms with E-state index in [1.165, 1.54) is 30.4 Å². The van der Waals surface area contributed by atoms with Gasteiger partial charge in [-0.1, -0.05) is 18.2 Å². The maximum Gasteiger partial charge on any atom is 0.0270 e. The average Bonchev–Trinajstić information content (AvgIpc) is 2.77. The van der Waals surface area contributed by atoms with Crippen molar-refractivity contribution in [3.8, 4) is 0 Å². The van der Waals surface area contributed by atoms with Crippen molar-refractivity contribution in [2.45, 2.75) is 25.7 Å². The minimum absolute atomic E-state index is 1.02. The molecule has 1 heteroatoms. The largest absolute Gasteiger partial charge is 0.265 e. The van der Waals surface area contributed by atoms with E-state index in [-0.39, 0.29) is 0 Å². The van der Waals surface area contributed by atoms with E-state index < -0.39 is 0 Å². The Bertz CT molecular complexity index is 488. The first-order valence-corrected chi connectivity index (χ1v) is 5.91. The number of hydrogen-bond donors (Lipinski definition) is 0. The van der Waals surface area contributed by atoms with E-state index >= 15 is 0 Å². The number of aryl methyl sites for hydroxylation is 2. The second-order valence-electron chi connectivity index (χ2n) is 4.49. The summed E-state index contributed by atoms with van der Waals surface area (Å²) < 4.78 is 0. The van der Waals surface area contributed by atoms with Gasteiger partial charge in [0.05, 0.1) is 0 Å². The highest BCUT2D eigenvalue weighted by molar-refractivity contribution is 5.37. The summed E-state index contributed by atoms with van der Waals surface area (Å²) in [5.41, 5.74) is 5.88. The van der Waals surface area contributed by atoms with Crippen LogP contribution in [0, 0.1) is 0 Å². The van der Waals surface area contributed by atoms with Crippen LogP contribution in [-0.2, 0) is 19.3 Å². The first kappa shape index (κ1) is 9.59. The Hall–Kier alpha value is -1.63. The van der Waals surface area contributed by atoms with Crippen LogP contribution in [0.1, 0.15) is 28.7 Å². The highest BCUT2D eigenvalue weighted by atomic mass is 14.6. The molecule has 80 valence electrons. The third-order valence-corrected chi connectivity index (χ3v) is 3.32. The van der Waals surface area contributed by atoms with Crippen molar-refractivity contribution >= 4 is 0 Å². The molecule has 0 amide bonds. The molecule has 0 fully saturated rings. The van der Waals surface area contributed by atoms with E-state index in [0.717, 1.165) is 6.42 Å². The van der Waals surface area contributed by atoms with Crippen molar-refractivity contribution in [2.75, 3.05) is 0 Å². The molecular weight excluding hydrogens is 194 g/mol. The lowest BCUT2D eigenvalue weighted by atomic mass is 10.0. The maximum atomic E-state index is 4.04. The van der Waals surface area contributed by atoms with E-state index in [1.807, 2.05) is 12.4 Å². The summed E-state index contributed by atoms with van der Waals surface area (Å²) in [4.78, 5) is 4.04. The predicted octanol–water partition coefficient (Wildman–Crippen LogP) is 3.16. The molecule has 0 saturated carbocycles. The highest BCUT2D eigenvalue weighted by Gasteiger charge is 2.10. The molecule has 1 aliphatic rings. The van der Waals surface area contributed by atoms with E-state index in [1.54, 1.807) is 11.1 Å². The number of fused-ring (bicyclic) bond motifs is 1. The van der Waals surface area contributed by atoms with Gasteiger partial charge < -0.3 is 0 Å². The predicted molar refractivity (Wildman–Crippen MR) is 65.5 cm³/mol. The Balaban J connectivity index is 1.86. The van der Waals surface area contributed by atoms with E-state index in [9.17, 15) is 0 Å². The Morgan fingerprint density at radius 1 is 0.875 bits per heavy atom. The number of aromatic nitrogens is 1. The summed E-state index contributed by atoms with van der Waals surface area (Å²) in [6, 6.07) is 11.1. The van der Waals surface area contributed by atoms with Gasteiger partial charge in [-0.15, -0.1) is 0 Å². The molecule has 16 heavy (non-hydrogen) atoms. The molecule has 1 heterocycles. The van der Waals surface area contributed by atoms with Crippen LogP contribution in [-0.4, -0.2) is 4.98 Å². The summed E-state index contributed by atoms with van der Waals surface area (Å²) in [7, 11) is 0. The Kier molecular flexibility index (Phi) is 2.45. The fourth-order valence-electron chi connectivity index (χ4n) is 2.47. The van der Waals surface area contributed by atoms with Crippen LogP contribution in [0.5, 0.6) is 0 Å². The lowest BCUT2D eigenvalue weighted by Gasteiger charge is -2.04. The molecular formula is C15H15N. The number of hydrogen-bond acceptors (Lipinski definition) is 1. The molecule has 0 spiro atoms. The fraction of sp³-hybridized carbons (Fsp3) is 0.267. The van der Waals surface area contributed by atoms with Gasteiger partial charge >= 0.3 is 0 Å². The number of benzene rings is 1. The van der Waals surface area contributed by atoms with Crippen molar-refractivity contribution < 1.29 is 0 Å². The van der Waals surface area contributed by atoms with Gasteiger partial charge in [0.2, 0.25) is 0 Å².